The average molecular weight is 442 g/mol. The molecule has 0 aromatic heterocycles. The summed E-state index contributed by atoms with van der Waals surface area (Å²) >= 11 is 0. The third kappa shape index (κ3) is 5.43. The second-order valence-electron chi connectivity index (χ2n) is 7.78. The highest BCUT2D eigenvalue weighted by Gasteiger charge is 2.47. The Labute approximate surface area is 179 Å². The van der Waals surface area contributed by atoms with Gasteiger partial charge in [-0.3, -0.25) is 0 Å². The average Bonchev–Trinajstić information content (AvgIpc) is 2.76. The van der Waals surface area contributed by atoms with Crippen molar-refractivity contribution in [2.45, 2.75) is 74.8 Å². The number of benzene rings is 1. The number of allylic oxidation sites excluding steroid dienone is 1. The number of rotatable bonds is 7. The molecule has 10 atom stereocenters. The fourth-order valence-electron chi connectivity index (χ4n) is 3.50. The van der Waals surface area contributed by atoms with Crippen molar-refractivity contribution in [1.82, 2.24) is 0 Å². The topological polar surface area (TPSA) is 158 Å². The third-order valence-electron chi connectivity index (χ3n) is 5.46. The highest BCUT2D eigenvalue weighted by atomic mass is 16.7. The minimum Gasteiger partial charge on any atom is -0.462 e. The molecule has 10 heteroatoms. The first-order chi connectivity index (χ1) is 14.7. The Morgan fingerprint density at radius 1 is 0.839 bits per heavy atom. The van der Waals surface area contributed by atoms with Crippen LogP contribution in [0.4, 0.5) is 0 Å². The quantitative estimate of drug-likeness (QED) is 0.273. The maximum atomic E-state index is 10.3. The summed E-state index contributed by atoms with van der Waals surface area (Å²) in [6, 6.07) is 7.00. The van der Waals surface area contributed by atoms with Crippen molar-refractivity contribution < 1.29 is 49.6 Å². The normalized spacial score (nSPS) is 41.0. The predicted molar refractivity (Wildman–Crippen MR) is 106 cm³/mol. The summed E-state index contributed by atoms with van der Waals surface area (Å²) in [6.07, 6.45) is -10.9. The smallest absolute Gasteiger partial charge is 0.229 e. The van der Waals surface area contributed by atoms with Crippen LogP contribution in [0.5, 0.6) is 5.75 Å². The van der Waals surface area contributed by atoms with Gasteiger partial charge >= 0.3 is 0 Å². The fraction of sp³-hybridized carbons (Fsp3) is 0.619. The molecular weight excluding hydrogens is 412 g/mol. The van der Waals surface area contributed by atoms with Crippen LogP contribution in [-0.2, 0) is 20.6 Å². The van der Waals surface area contributed by atoms with E-state index in [4.69, 9.17) is 18.9 Å². The first kappa shape index (κ1) is 24.1. The van der Waals surface area contributed by atoms with Gasteiger partial charge in [-0.2, -0.15) is 0 Å². The molecule has 31 heavy (non-hydrogen) atoms. The van der Waals surface area contributed by atoms with Crippen molar-refractivity contribution in [1.29, 1.82) is 0 Å². The van der Waals surface area contributed by atoms with E-state index in [1.807, 2.05) is 12.1 Å². The minimum absolute atomic E-state index is 0.347. The zero-order chi connectivity index (χ0) is 22.7. The van der Waals surface area contributed by atoms with Gasteiger partial charge in [0.15, 0.2) is 6.29 Å². The van der Waals surface area contributed by atoms with Crippen molar-refractivity contribution >= 4 is 0 Å². The predicted octanol–water partition coefficient (Wildman–Crippen LogP) is -1.55. The van der Waals surface area contributed by atoms with Crippen molar-refractivity contribution in [3.05, 3.63) is 42.5 Å². The molecule has 0 spiro atoms. The first-order valence-corrected chi connectivity index (χ1v) is 10.1. The second-order valence-corrected chi connectivity index (χ2v) is 7.78. The van der Waals surface area contributed by atoms with E-state index < -0.39 is 61.4 Å². The van der Waals surface area contributed by atoms with Gasteiger partial charge in [0.1, 0.15) is 48.5 Å². The van der Waals surface area contributed by atoms with Gasteiger partial charge < -0.3 is 49.6 Å². The molecule has 10 nitrogen and oxygen atoms in total. The van der Waals surface area contributed by atoms with Gasteiger partial charge in [0.25, 0.3) is 0 Å². The molecule has 2 fully saturated rings. The van der Waals surface area contributed by atoms with Crippen LogP contribution in [0.3, 0.4) is 0 Å². The summed E-state index contributed by atoms with van der Waals surface area (Å²) in [5, 5.41) is 60.4. The molecular formula is C21H30O10. The molecule has 2 aliphatic heterocycles. The zero-order valence-corrected chi connectivity index (χ0v) is 17.1. The van der Waals surface area contributed by atoms with Crippen LogP contribution in [-0.4, -0.2) is 98.7 Å². The number of ether oxygens (including phenoxy) is 4. The van der Waals surface area contributed by atoms with Crippen LogP contribution in [0.25, 0.3) is 0 Å². The lowest BCUT2D eigenvalue weighted by molar-refractivity contribution is -0.318. The van der Waals surface area contributed by atoms with E-state index in [9.17, 15) is 30.6 Å². The van der Waals surface area contributed by atoms with E-state index in [2.05, 4.69) is 6.58 Å². The molecule has 3 rings (SSSR count). The monoisotopic (exact) mass is 442 g/mol. The molecule has 10 unspecified atom stereocenters. The molecule has 0 radical (unpaired) electrons. The van der Waals surface area contributed by atoms with E-state index in [0.717, 1.165) is 5.56 Å². The third-order valence-corrected chi connectivity index (χ3v) is 5.46. The number of hydrogen-bond donors (Lipinski definition) is 6. The summed E-state index contributed by atoms with van der Waals surface area (Å²) in [5.41, 5.74) is 1.02. The molecule has 1 aromatic carbocycles. The van der Waals surface area contributed by atoms with Gasteiger partial charge in [-0.15, -0.1) is 6.58 Å². The lowest BCUT2D eigenvalue weighted by Gasteiger charge is -2.42. The highest BCUT2D eigenvalue weighted by molar-refractivity contribution is 5.28. The summed E-state index contributed by atoms with van der Waals surface area (Å²) in [6.45, 7) is 4.83. The molecule has 0 aliphatic carbocycles. The minimum atomic E-state index is -1.57. The Bertz CT molecular complexity index is 713. The van der Waals surface area contributed by atoms with Crippen LogP contribution >= 0.6 is 0 Å². The van der Waals surface area contributed by atoms with E-state index in [1.54, 1.807) is 18.2 Å². The van der Waals surface area contributed by atoms with E-state index >= 15 is 0 Å². The van der Waals surface area contributed by atoms with Crippen LogP contribution < -0.4 is 4.74 Å². The van der Waals surface area contributed by atoms with Crippen LogP contribution in [0.15, 0.2) is 36.9 Å². The van der Waals surface area contributed by atoms with Gasteiger partial charge in [0.05, 0.1) is 12.7 Å². The highest BCUT2D eigenvalue weighted by Crippen LogP contribution is 2.27. The molecule has 2 heterocycles. The van der Waals surface area contributed by atoms with E-state index in [-0.39, 0.29) is 6.61 Å². The molecule has 0 saturated carbocycles. The molecule has 2 aliphatic rings. The van der Waals surface area contributed by atoms with Gasteiger partial charge in [0, 0.05) is 0 Å². The molecule has 174 valence electrons. The summed E-state index contributed by atoms with van der Waals surface area (Å²) in [7, 11) is 0. The van der Waals surface area contributed by atoms with Gasteiger partial charge in [-0.25, -0.2) is 0 Å². The summed E-state index contributed by atoms with van der Waals surface area (Å²) in [4.78, 5) is 0. The zero-order valence-electron chi connectivity index (χ0n) is 17.1. The second kappa shape index (κ2) is 10.3. The molecule has 6 N–H and O–H groups in total. The van der Waals surface area contributed by atoms with Crippen molar-refractivity contribution in [3.8, 4) is 5.75 Å². The van der Waals surface area contributed by atoms with Crippen LogP contribution in [0, 0.1) is 0 Å². The van der Waals surface area contributed by atoms with E-state index in [0.29, 0.717) is 12.2 Å². The van der Waals surface area contributed by atoms with Crippen molar-refractivity contribution in [3.63, 3.8) is 0 Å². The Kier molecular flexibility index (Phi) is 8.03. The maximum absolute atomic E-state index is 10.3. The van der Waals surface area contributed by atoms with Gasteiger partial charge in [-0.1, -0.05) is 18.2 Å². The van der Waals surface area contributed by atoms with Gasteiger partial charge in [-0.05, 0) is 31.0 Å². The van der Waals surface area contributed by atoms with Crippen molar-refractivity contribution in [2.75, 3.05) is 6.61 Å². The first-order valence-electron chi connectivity index (χ1n) is 10.1. The van der Waals surface area contributed by atoms with Gasteiger partial charge in [0.2, 0.25) is 6.29 Å². The summed E-state index contributed by atoms with van der Waals surface area (Å²) in [5.74, 6) is 0.386. The number of aliphatic hydroxyl groups is 6. The lowest BCUT2D eigenvalue weighted by atomic mass is 9.98. The van der Waals surface area contributed by atoms with Crippen LogP contribution in [0.2, 0.25) is 0 Å². The SMILES string of the molecule is C=CCc1ccc(OC2OC(COC3OC(C)C(O)C(O)C3O)C(O)C(O)C2O)cc1. The van der Waals surface area contributed by atoms with Crippen molar-refractivity contribution in [2.24, 2.45) is 0 Å². The fourth-order valence-corrected chi connectivity index (χ4v) is 3.50. The lowest BCUT2D eigenvalue weighted by Crippen LogP contribution is -2.61. The van der Waals surface area contributed by atoms with E-state index in [1.165, 1.54) is 6.92 Å². The Balaban J connectivity index is 1.62. The largest absolute Gasteiger partial charge is 0.462 e. The molecule has 1 aromatic rings. The molecule has 0 bridgehead atoms. The number of hydrogen-bond acceptors (Lipinski definition) is 10. The maximum Gasteiger partial charge on any atom is 0.229 e. The Morgan fingerprint density at radius 2 is 1.45 bits per heavy atom. The molecule has 0 amide bonds. The summed E-state index contributed by atoms with van der Waals surface area (Å²) < 4.78 is 22.0. The Hall–Kier alpha value is -1.60. The standard InChI is InChI=1S/C21H30O10/c1-3-4-11-5-7-12(8-6-11)30-21-19(27)17(25)15(23)13(31-21)9-28-20-18(26)16(24)14(22)10(2)29-20/h3,5-8,10,13-27H,1,4,9H2,2H3. The Morgan fingerprint density at radius 3 is 2.10 bits per heavy atom. The van der Waals surface area contributed by atoms with Crippen LogP contribution in [0.1, 0.15) is 12.5 Å². The molecule has 2 saturated heterocycles. The number of aliphatic hydroxyl groups excluding tert-OH is 6.